The summed E-state index contributed by atoms with van der Waals surface area (Å²) >= 11 is 2.84. The Morgan fingerprint density at radius 1 is 0.631 bits per heavy atom. The fourth-order valence-corrected chi connectivity index (χ4v) is 10.8. The number of ether oxygens (including phenoxy) is 4. The van der Waals surface area contributed by atoms with Crippen LogP contribution in [0.15, 0.2) is 107 Å². The molecular weight excluding hydrogens is 932 g/mol. The number of methoxy groups -OCH3 is 4. The van der Waals surface area contributed by atoms with Gasteiger partial charge in [-0.3, -0.25) is 0 Å². The molecule has 1 N–H and O–H groups in total. The minimum Gasteiger partial charge on any atom is -0.497 e. The molecule has 2 aliphatic heterocycles. The summed E-state index contributed by atoms with van der Waals surface area (Å²) in [7, 11) is 4.29. The molecule has 0 spiro atoms. The third-order valence-corrected chi connectivity index (χ3v) is 15.4. The number of aromatic nitrogens is 4. The second-order valence-corrected chi connectivity index (χ2v) is 21.0. The van der Waals surface area contributed by atoms with Crippen LogP contribution in [0.4, 0.5) is 10.3 Å². The Morgan fingerprint density at radius 2 is 1.11 bits per heavy atom. The van der Waals surface area contributed by atoms with Crippen molar-refractivity contribution >= 4 is 63.1 Å². The molecule has 0 aliphatic carbocycles. The van der Waals surface area contributed by atoms with E-state index < -0.39 is 19.1 Å². The third-order valence-electron chi connectivity index (χ3n) is 10.4. The van der Waals surface area contributed by atoms with Crippen molar-refractivity contribution in [3.8, 4) is 23.0 Å². The van der Waals surface area contributed by atoms with Crippen molar-refractivity contribution in [3.05, 3.63) is 120 Å². The van der Waals surface area contributed by atoms with Crippen LogP contribution in [0, 0.1) is 0 Å². The molecule has 2 aliphatic rings. The van der Waals surface area contributed by atoms with Crippen LogP contribution in [0.5, 0.6) is 23.0 Å². The van der Waals surface area contributed by atoms with Crippen LogP contribution in [-0.4, -0.2) is 120 Å². The molecule has 2 saturated heterocycles. The van der Waals surface area contributed by atoms with E-state index in [4.69, 9.17) is 34.6 Å². The number of halogens is 1. The van der Waals surface area contributed by atoms with Gasteiger partial charge in [0.15, 0.2) is 0 Å². The first-order valence-electron chi connectivity index (χ1n) is 20.6. The maximum Gasteiger partial charge on any atom is 0.261 e. The molecular formula is C44H53ClN8O8S4. The monoisotopic (exact) mass is 984 g/mol. The number of nitrogens with zero attached hydrogens (tertiary/aromatic N) is 7. The highest BCUT2D eigenvalue weighted by atomic mass is 35.7. The van der Waals surface area contributed by atoms with Crippen LogP contribution in [0.25, 0.3) is 0 Å². The van der Waals surface area contributed by atoms with Crippen molar-refractivity contribution in [1.82, 2.24) is 28.3 Å². The van der Waals surface area contributed by atoms with Crippen LogP contribution < -0.4 is 34.1 Å². The van der Waals surface area contributed by atoms with Gasteiger partial charge in [0.1, 0.15) is 34.6 Å². The summed E-state index contributed by atoms with van der Waals surface area (Å²) < 4.78 is 78.8. The lowest BCUT2D eigenvalue weighted by Crippen LogP contribution is -2.54. The van der Waals surface area contributed by atoms with E-state index in [9.17, 15) is 16.8 Å². The van der Waals surface area contributed by atoms with Gasteiger partial charge in [-0.15, -0.1) is 0 Å². The highest BCUT2D eigenvalue weighted by molar-refractivity contribution is 8.13. The summed E-state index contributed by atoms with van der Waals surface area (Å²) in [6.45, 7) is 8.63. The first-order chi connectivity index (χ1) is 31.2. The van der Waals surface area contributed by atoms with Gasteiger partial charge < -0.3 is 34.1 Å². The van der Waals surface area contributed by atoms with E-state index in [1.165, 1.54) is 60.0 Å². The molecule has 348 valence electrons. The van der Waals surface area contributed by atoms with Crippen LogP contribution in [-0.2, 0) is 31.9 Å². The molecule has 0 radical (unpaired) electrons. The van der Waals surface area contributed by atoms with E-state index in [1.807, 2.05) is 49.4 Å². The predicted molar refractivity (Wildman–Crippen MR) is 256 cm³/mol. The summed E-state index contributed by atoms with van der Waals surface area (Å²) in [6.07, 6.45) is 1.37. The smallest absolute Gasteiger partial charge is 0.261 e. The molecule has 21 heteroatoms. The Kier molecular flexibility index (Phi) is 17.4. The van der Waals surface area contributed by atoms with Crippen molar-refractivity contribution in [2.75, 3.05) is 77.5 Å². The molecule has 4 heterocycles. The zero-order valence-corrected chi connectivity index (χ0v) is 41.0. The number of sulfonamides is 1. The molecule has 0 saturated carbocycles. The fraction of sp³-hybridized carbons (Fsp3) is 0.364. The molecule has 2 atom stereocenters. The Morgan fingerprint density at radius 3 is 1.55 bits per heavy atom. The topological polar surface area (TPSA) is 179 Å². The van der Waals surface area contributed by atoms with E-state index in [0.717, 1.165) is 65.0 Å². The molecule has 0 amide bonds. The number of nitrogens with one attached hydrogen (secondary N) is 1. The summed E-state index contributed by atoms with van der Waals surface area (Å²) in [5.41, 5.74) is 2.25. The molecule has 16 nitrogen and oxygen atoms in total. The van der Waals surface area contributed by atoms with Crippen LogP contribution in [0.3, 0.4) is 0 Å². The van der Waals surface area contributed by atoms with Crippen LogP contribution in [0.1, 0.15) is 36.6 Å². The van der Waals surface area contributed by atoms with E-state index in [-0.39, 0.29) is 15.8 Å². The minimum atomic E-state index is -3.61. The second kappa shape index (κ2) is 22.9. The maximum atomic E-state index is 13.1. The summed E-state index contributed by atoms with van der Waals surface area (Å²) in [5, 5.41) is 5.29. The van der Waals surface area contributed by atoms with Gasteiger partial charge >= 0.3 is 0 Å². The average Bonchev–Trinajstić information content (AvgIpc) is 3.99. The quantitative estimate of drug-likeness (QED) is 0.122. The molecule has 0 bridgehead atoms. The highest BCUT2D eigenvalue weighted by Crippen LogP contribution is 2.28. The normalized spacial score (nSPS) is 16.7. The maximum absolute atomic E-state index is 13.1. The Bertz CT molecular complexity index is 2670. The van der Waals surface area contributed by atoms with E-state index in [1.54, 1.807) is 49.9 Å². The minimum absolute atomic E-state index is 0.0740. The van der Waals surface area contributed by atoms with E-state index >= 15 is 0 Å². The van der Waals surface area contributed by atoms with Crippen molar-refractivity contribution in [1.29, 1.82) is 0 Å². The summed E-state index contributed by atoms with van der Waals surface area (Å²) in [5.74, 6) is 4.54. The first kappa shape index (κ1) is 49.3. The molecule has 2 aromatic heterocycles. The lowest BCUT2D eigenvalue weighted by Gasteiger charge is -2.38. The fourth-order valence-electron chi connectivity index (χ4n) is 7.02. The Balaban J connectivity index is 0.000000181. The Hall–Kier alpha value is -5.09. The number of anilines is 2. The number of rotatable bonds is 13. The molecule has 6 aromatic rings. The predicted octanol–water partition coefficient (Wildman–Crippen LogP) is 6.60. The van der Waals surface area contributed by atoms with Gasteiger partial charge in [-0.05, 0) is 97.8 Å². The molecule has 8 rings (SSSR count). The number of hydrogen-bond donors (Lipinski definition) is 1. The average molecular weight is 986 g/mol. The van der Waals surface area contributed by atoms with Gasteiger partial charge in [-0.2, -0.15) is 13.1 Å². The van der Waals surface area contributed by atoms with E-state index in [2.05, 4.69) is 41.8 Å². The number of hydrogen-bond acceptors (Lipinski definition) is 17. The molecule has 4 aromatic carbocycles. The van der Waals surface area contributed by atoms with Crippen molar-refractivity contribution in [2.24, 2.45) is 0 Å². The summed E-state index contributed by atoms with van der Waals surface area (Å²) in [6, 6.07) is 28.6. The standard InChI is InChI=1S/C22H26N4O4S2.C15H20N4OS.C7H7ClO3S/c1-16-15-25(11-12-26(16)32(27,28)20-9-7-18(29-2)8-10-20)22-23-21(24-31-22)14-17-5-4-6-19(13-17)30-3;1-11-10-19(7-6-16-11)15-17-14(18-21-15)9-12-4-3-5-13(8-12)20-2;1-11-6-2-4-7(5-3-6)12(8,9)10/h4-10,13,16H,11-12,14-15H2,1-3H3;3-5,8,11,16H,6-7,9-10H2,1-2H3;2-5H,1H3. The van der Waals surface area contributed by atoms with Gasteiger partial charge in [0, 0.05) is 97.9 Å². The third kappa shape index (κ3) is 13.7. The SMILES string of the molecule is COc1ccc(S(=O)(=O)Cl)cc1.COc1ccc(S(=O)(=O)N2CCN(c3nc(Cc4cccc(OC)c4)ns3)CC2C)cc1.COc1cccc(Cc2nsc(N3CCNC(C)C3)n2)c1. The van der Waals surface area contributed by atoms with Gasteiger partial charge in [-0.25, -0.2) is 26.8 Å². The second-order valence-electron chi connectivity index (χ2n) is 15.0. The van der Waals surface area contributed by atoms with Crippen LogP contribution in [0.2, 0.25) is 0 Å². The molecule has 2 fully saturated rings. The summed E-state index contributed by atoms with van der Waals surface area (Å²) in [4.78, 5) is 14.1. The lowest BCUT2D eigenvalue weighted by molar-refractivity contribution is 0.306. The number of piperazine rings is 2. The van der Waals surface area contributed by atoms with Crippen molar-refractivity contribution < 1.29 is 35.8 Å². The van der Waals surface area contributed by atoms with Gasteiger partial charge in [-0.1, -0.05) is 24.3 Å². The zero-order valence-electron chi connectivity index (χ0n) is 37.0. The Labute approximate surface area is 393 Å². The molecule has 2 unspecified atom stereocenters. The van der Waals surface area contributed by atoms with Gasteiger partial charge in [0.05, 0.1) is 38.2 Å². The highest BCUT2D eigenvalue weighted by Gasteiger charge is 2.35. The first-order valence-corrected chi connectivity index (χ1v) is 25.9. The van der Waals surface area contributed by atoms with Gasteiger partial charge in [0.25, 0.3) is 9.05 Å². The van der Waals surface area contributed by atoms with Crippen molar-refractivity contribution in [2.45, 2.75) is 48.6 Å². The van der Waals surface area contributed by atoms with Gasteiger partial charge in [0.2, 0.25) is 20.3 Å². The van der Waals surface area contributed by atoms with E-state index in [0.29, 0.717) is 43.6 Å². The molecule has 65 heavy (non-hydrogen) atoms. The van der Waals surface area contributed by atoms with Crippen LogP contribution >= 0.6 is 33.7 Å². The largest absolute Gasteiger partial charge is 0.497 e. The lowest BCUT2D eigenvalue weighted by atomic mass is 10.1. The van der Waals surface area contributed by atoms with Crippen molar-refractivity contribution in [3.63, 3.8) is 0 Å². The zero-order chi connectivity index (χ0) is 46.6. The number of benzene rings is 4.